The fraction of sp³-hybridized carbons (Fsp3) is 0.571. The quantitative estimate of drug-likeness (QED) is 0.733. The van der Waals surface area contributed by atoms with Gasteiger partial charge in [-0.1, -0.05) is 20.3 Å². The maximum atomic E-state index is 3.70. The Kier molecular flexibility index (Phi) is 3.89. The molecule has 0 heterocycles. The smallest absolute Gasteiger partial charge is 0.0631 e. The molecule has 94 valence electrons. The maximum absolute atomic E-state index is 3.70. The Morgan fingerprint density at radius 1 is 1.24 bits per heavy atom. The molecule has 1 aliphatic rings. The summed E-state index contributed by atoms with van der Waals surface area (Å²) in [6.07, 6.45) is 3.90. The average molecular weight is 361 g/mol. The molecule has 1 atom stereocenters. The summed E-state index contributed by atoms with van der Waals surface area (Å²) in [6.45, 7) is 6.82. The van der Waals surface area contributed by atoms with E-state index < -0.39 is 0 Å². The first-order chi connectivity index (χ1) is 7.90. The van der Waals surface area contributed by atoms with Crippen molar-refractivity contribution < 1.29 is 0 Å². The van der Waals surface area contributed by atoms with Crippen molar-refractivity contribution in [2.75, 3.05) is 5.32 Å². The summed E-state index contributed by atoms with van der Waals surface area (Å²) in [7, 11) is 0. The third-order valence-corrected chi connectivity index (χ3v) is 5.01. The molecule has 0 aliphatic heterocycles. The molecular weight excluding hydrogens is 342 g/mol. The number of hydrogen-bond donors (Lipinski definition) is 1. The predicted octanol–water partition coefficient (Wildman–Crippen LogP) is 5.51. The van der Waals surface area contributed by atoms with E-state index in [1.807, 2.05) is 0 Å². The van der Waals surface area contributed by atoms with E-state index in [9.17, 15) is 0 Å². The Bertz CT molecular complexity index is 403. The lowest BCUT2D eigenvalue weighted by atomic mass is 9.87. The standard InChI is InChI=1S/C14H19Br2N/c1-9-7-10(15)13(11(16)8-9)17-12-5-4-6-14(12,2)3/h7-8,12,17H,4-6H2,1-3H3. The minimum absolute atomic E-state index is 0.393. The molecule has 3 heteroatoms. The van der Waals surface area contributed by atoms with Crippen molar-refractivity contribution in [3.05, 3.63) is 26.6 Å². The van der Waals surface area contributed by atoms with Gasteiger partial charge in [0.05, 0.1) is 5.69 Å². The molecule has 1 aromatic rings. The highest BCUT2D eigenvalue weighted by Gasteiger charge is 2.34. The van der Waals surface area contributed by atoms with Gasteiger partial charge >= 0.3 is 0 Å². The van der Waals surface area contributed by atoms with Crippen molar-refractivity contribution in [3.63, 3.8) is 0 Å². The van der Waals surface area contributed by atoms with Crippen molar-refractivity contribution in [2.45, 2.75) is 46.1 Å². The van der Waals surface area contributed by atoms with E-state index in [1.54, 1.807) is 0 Å². The van der Waals surface area contributed by atoms with Gasteiger partial charge in [0.2, 0.25) is 0 Å². The van der Waals surface area contributed by atoms with Crippen molar-refractivity contribution in [3.8, 4) is 0 Å². The van der Waals surface area contributed by atoms with Gasteiger partial charge in [-0.3, -0.25) is 0 Å². The summed E-state index contributed by atoms with van der Waals surface area (Å²) in [5.41, 5.74) is 2.85. The zero-order valence-electron chi connectivity index (χ0n) is 10.6. The first-order valence-corrected chi connectivity index (χ1v) is 7.71. The van der Waals surface area contributed by atoms with Crippen molar-refractivity contribution in [1.82, 2.24) is 0 Å². The minimum Gasteiger partial charge on any atom is -0.380 e. The molecule has 0 saturated heterocycles. The molecule has 0 bridgehead atoms. The predicted molar refractivity (Wildman–Crippen MR) is 81.6 cm³/mol. The zero-order chi connectivity index (χ0) is 12.6. The Morgan fingerprint density at radius 3 is 2.29 bits per heavy atom. The van der Waals surface area contributed by atoms with Gasteiger partial charge in [0.15, 0.2) is 0 Å². The SMILES string of the molecule is Cc1cc(Br)c(NC2CCCC2(C)C)c(Br)c1. The monoisotopic (exact) mass is 359 g/mol. The third-order valence-electron chi connectivity index (χ3n) is 3.76. The van der Waals surface area contributed by atoms with Gasteiger partial charge in [0.25, 0.3) is 0 Å². The lowest BCUT2D eigenvalue weighted by Gasteiger charge is -2.29. The molecule has 1 nitrogen and oxygen atoms in total. The second-order valence-electron chi connectivity index (χ2n) is 5.68. The van der Waals surface area contributed by atoms with Gasteiger partial charge < -0.3 is 5.32 Å². The Balaban J connectivity index is 2.25. The van der Waals surface area contributed by atoms with Gasteiger partial charge in [0.1, 0.15) is 0 Å². The lowest BCUT2D eigenvalue weighted by molar-refractivity contribution is 0.350. The Labute approximate surface area is 121 Å². The molecule has 0 aromatic heterocycles. The van der Waals surface area contributed by atoms with E-state index in [2.05, 4.69) is 70.1 Å². The zero-order valence-corrected chi connectivity index (χ0v) is 13.8. The Morgan fingerprint density at radius 2 is 1.82 bits per heavy atom. The normalized spacial score (nSPS) is 22.8. The third kappa shape index (κ3) is 2.87. The summed E-state index contributed by atoms with van der Waals surface area (Å²) in [4.78, 5) is 0. The first-order valence-electron chi connectivity index (χ1n) is 6.12. The number of aryl methyl sites for hydroxylation is 1. The van der Waals surface area contributed by atoms with Crippen molar-refractivity contribution in [2.24, 2.45) is 5.41 Å². The average Bonchev–Trinajstić information content (AvgIpc) is 2.51. The molecule has 0 spiro atoms. The van der Waals surface area contributed by atoms with Gasteiger partial charge in [-0.2, -0.15) is 0 Å². The second-order valence-corrected chi connectivity index (χ2v) is 7.39. The van der Waals surface area contributed by atoms with Crippen LogP contribution in [0.5, 0.6) is 0 Å². The number of anilines is 1. The van der Waals surface area contributed by atoms with Crippen molar-refractivity contribution in [1.29, 1.82) is 0 Å². The largest absolute Gasteiger partial charge is 0.380 e. The number of halogens is 2. The molecule has 1 unspecified atom stereocenters. The van der Waals surface area contributed by atoms with Gasteiger partial charge in [-0.05, 0) is 74.7 Å². The van der Waals surface area contributed by atoms with Gasteiger partial charge in [0, 0.05) is 15.0 Å². The number of rotatable bonds is 2. The number of nitrogens with one attached hydrogen (secondary N) is 1. The van der Waals surface area contributed by atoms with Gasteiger partial charge in [-0.25, -0.2) is 0 Å². The topological polar surface area (TPSA) is 12.0 Å². The summed E-state index contributed by atoms with van der Waals surface area (Å²) in [5.74, 6) is 0. The molecule has 1 aliphatic carbocycles. The summed E-state index contributed by atoms with van der Waals surface area (Å²) in [6, 6.07) is 4.89. The minimum atomic E-state index is 0.393. The summed E-state index contributed by atoms with van der Waals surface area (Å²) < 4.78 is 2.29. The van der Waals surface area contributed by atoms with Crippen LogP contribution in [0.3, 0.4) is 0 Å². The molecule has 1 N–H and O–H groups in total. The molecule has 1 fully saturated rings. The summed E-state index contributed by atoms with van der Waals surface area (Å²) in [5, 5.41) is 3.70. The highest BCUT2D eigenvalue weighted by Crippen LogP contribution is 2.41. The van der Waals surface area contributed by atoms with Gasteiger partial charge in [-0.15, -0.1) is 0 Å². The van der Waals surface area contributed by atoms with Crippen LogP contribution in [-0.2, 0) is 0 Å². The fourth-order valence-corrected chi connectivity index (χ4v) is 4.25. The van der Waals surface area contributed by atoms with E-state index in [4.69, 9.17) is 0 Å². The Hall–Kier alpha value is -0.0200. The fourth-order valence-electron chi connectivity index (χ4n) is 2.61. The maximum Gasteiger partial charge on any atom is 0.0631 e. The highest BCUT2D eigenvalue weighted by molar-refractivity contribution is 9.11. The second kappa shape index (κ2) is 4.93. The van der Waals surface area contributed by atoms with E-state index in [0.717, 1.165) is 8.95 Å². The van der Waals surface area contributed by atoms with E-state index in [0.29, 0.717) is 11.5 Å². The van der Waals surface area contributed by atoms with Crippen LogP contribution in [0.2, 0.25) is 0 Å². The summed E-state index contributed by atoms with van der Waals surface area (Å²) >= 11 is 7.30. The molecule has 0 amide bonds. The molecule has 0 radical (unpaired) electrons. The molecular formula is C14H19Br2N. The van der Waals surface area contributed by atoms with Crippen LogP contribution in [0.15, 0.2) is 21.1 Å². The van der Waals surface area contributed by atoms with Crippen LogP contribution < -0.4 is 5.32 Å². The van der Waals surface area contributed by atoms with Crippen molar-refractivity contribution >= 4 is 37.5 Å². The van der Waals surface area contributed by atoms with Crippen LogP contribution in [-0.4, -0.2) is 6.04 Å². The van der Waals surface area contributed by atoms with E-state index >= 15 is 0 Å². The highest BCUT2D eigenvalue weighted by atomic mass is 79.9. The number of hydrogen-bond acceptors (Lipinski definition) is 1. The lowest BCUT2D eigenvalue weighted by Crippen LogP contribution is -2.31. The number of benzene rings is 1. The molecule has 1 saturated carbocycles. The van der Waals surface area contributed by atoms with Crippen LogP contribution in [0.1, 0.15) is 38.7 Å². The van der Waals surface area contributed by atoms with E-state index in [-0.39, 0.29) is 0 Å². The van der Waals surface area contributed by atoms with Crippen LogP contribution in [0.4, 0.5) is 5.69 Å². The molecule has 17 heavy (non-hydrogen) atoms. The molecule has 1 aromatic carbocycles. The van der Waals surface area contributed by atoms with E-state index in [1.165, 1.54) is 30.5 Å². The van der Waals surface area contributed by atoms with Crippen LogP contribution in [0.25, 0.3) is 0 Å². The first kappa shape index (κ1) is 13.4. The van der Waals surface area contributed by atoms with Crippen LogP contribution in [0, 0.1) is 12.3 Å². The molecule has 2 rings (SSSR count). The van der Waals surface area contributed by atoms with Crippen LogP contribution >= 0.6 is 31.9 Å².